The van der Waals surface area contributed by atoms with E-state index in [1.165, 1.54) is 12.3 Å². The zero-order valence-electron chi connectivity index (χ0n) is 11.9. The number of para-hydroxylation sites is 1. The van der Waals surface area contributed by atoms with E-state index >= 15 is 0 Å². The van der Waals surface area contributed by atoms with Gasteiger partial charge in [0.15, 0.2) is 0 Å². The van der Waals surface area contributed by atoms with E-state index in [1.807, 2.05) is 19.1 Å². The molecule has 0 spiro atoms. The van der Waals surface area contributed by atoms with Crippen molar-refractivity contribution in [3.05, 3.63) is 60.1 Å². The Morgan fingerprint density at radius 2 is 2.05 bits per heavy atom. The van der Waals surface area contributed by atoms with Crippen LogP contribution in [0.2, 0.25) is 0 Å². The number of rotatable bonds is 2. The van der Waals surface area contributed by atoms with Gasteiger partial charge in [0.1, 0.15) is 10.6 Å². The predicted molar refractivity (Wildman–Crippen MR) is 82.1 cm³/mol. The molecule has 0 saturated carbocycles. The maximum atomic E-state index is 14.1. The molecule has 21 heavy (non-hydrogen) atoms. The summed E-state index contributed by atoms with van der Waals surface area (Å²) in [5.41, 5.74) is 1.00. The normalized spacial score (nSPS) is 22.5. The van der Waals surface area contributed by atoms with Crippen molar-refractivity contribution in [2.24, 2.45) is 0 Å². The van der Waals surface area contributed by atoms with Crippen LogP contribution in [0.25, 0.3) is 10.9 Å². The number of allylic oxidation sites excluding steroid dienone is 3. The molecule has 110 valence electrons. The molecule has 2 aromatic rings. The minimum Gasteiger partial charge on any atom is -0.241 e. The second-order valence-corrected chi connectivity index (χ2v) is 7.88. The summed E-state index contributed by atoms with van der Waals surface area (Å²) in [6, 6.07) is 6.17. The van der Waals surface area contributed by atoms with Crippen LogP contribution in [-0.2, 0) is 10.0 Å². The highest BCUT2D eigenvalue weighted by atomic mass is 32.2. The van der Waals surface area contributed by atoms with E-state index in [1.54, 1.807) is 31.2 Å². The van der Waals surface area contributed by atoms with E-state index < -0.39 is 20.6 Å². The van der Waals surface area contributed by atoms with E-state index in [4.69, 9.17) is 0 Å². The summed E-state index contributed by atoms with van der Waals surface area (Å²) in [6.45, 7) is 3.53. The number of benzene rings is 1. The van der Waals surface area contributed by atoms with Gasteiger partial charge in [0.05, 0.1) is 5.52 Å². The molecule has 0 radical (unpaired) electrons. The second kappa shape index (κ2) is 4.56. The van der Waals surface area contributed by atoms with E-state index in [2.05, 4.69) is 0 Å². The Bertz CT molecular complexity index is 877. The fourth-order valence-electron chi connectivity index (χ4n) is 2.79. The minimum atomic E-state index is -3.75. The maximum absolute atomic E-state index is 14.1. The van der Waals surface area contributed by atoms with Crippen LogP contribution in [0.5, 0.6) is 0 Å². The van der Waals surface area contributed by atoms with Crippen molar-refractivity contribution < 1.29 is 12.8 Å². The monoisotopic (exact) mass is 305 g/mol. The van der Waals surface area contributed by atoms with E-state index in [-0.39, 0.29) is 5.52 Å². The van der Waals surface area contributed by atoms with Crippen LogP contribution in [0.4, 0.5) is 4.39 Å². The number of aromatic nitrogens is 1. The summed E-state index contributed by atoms with van der Waals surface area (Å²) in [5.74, 6) is -0.531. The number of halogens is 1. The molecule has 1 aliphatic rings. The van der Waals surface area contributed by atoms with Gasteiger partial charge in [0, 0.05) is 11.6 Å². The van der Waals surface area contributed by atoms with Gasteiger partial charge < -0.3 is 0 Å². The lowest BCUT2D eigenvalue weighted by atomic mass is 9.98. The molecule has 0 fully saturated rings. The molecule has 0 aliphatic heterocycles. The third kappa shape index (κ3) is 2.03. The summed E-state index contributed by atoms with van der Waals surface area (Å²) in [7, 11) is -3.75. The molecule has 3 nitrogen and oxygen atoms in total. The maximum Gasteiger partial charge on any atom is 0.248 e. The molecular weight excluding hydrogens is 289 g/mol. The van der Waals surface area contributed by atoms with Crippen LogP contribution in [0.1, 0.15) is 20.3 Å². The zero-order chi connectivity index (χ0) is 15.3. The lowest BCUT2D eigenvalue weighted by Crippen LogP contribution is -2.38. The van der Waals surface area contributed by atoms with E-state index in [9.17, 15) is 12.8 Å². The molecule has 0 saturated heterocycles. The van der Waals surface area contributed by atoms with Gasteiger partial charge in [-0.3, -0.25) is 0 Å². The average Bonchev–Trinajstić information content (AvgIpc) is 2.84. The summed E-state index contributed by atoms with van der Waals surface area (Å²) in [6.07, 6.45) is 7.27. The van der Waals surface area contributed by atoms with Crippen molar-refractivity contribution >= 4 is 20.9 Å². The Morgan fingerprint density at radius 3 is 2.76 bits per heavy atom. The molecule has 1 aliphatic carbocycles. The molecule has 1 atom stereocenters. The molecule has 1 unspecified atom stereocenters. The Kier molecular flexibility index (Phi) is 3.06. The zero-order valence-corrected chi connectivity index (χ0v) is 12.7. The van der Waals surface area contributed by atoms with Crippen LogP contribution < -0.4 is 0 Å². The summed E-state index contributed by atoms with van der Waals surface area (Å²) in [4.78, 5) is 0. The lowest BCUT2D eigenvalue weighted by molar-refractivity contribution is 0.552. The van der Waals surface area contributed by atoms with Crippen molar-refractivity contribution in [3.8, 4) is 0 Å². The molecule has 1 heterocycles. The highest BCUT2D eigenvalue weighted by Crippen LogP contribution is 2.33. The van der Waals surface area contributed by atoms with Gasteiger partial charge in [-0.05, 0) is 32.4 Å². The van der Waals surface area contributed by atoms with Crippen LogP contribution in [0, 0.1) is 5.82 Å². The quantitative estimate of drug-likeness (QED) is 0.850. The molecule has 1 aromatic carbocycles. The van der Waals surface area contributed by atoms with Gasteiger partial charge in [0.25, 0.3) is 0 Å². The number of fused-ring (bicyclic) bond motifs is 1. The van der Waals surface area contributed by atoms with Gasteiger partial charge in [-0.1, -0.05) is 35.9 Å². The molecule has 3 rings (SSSR count). The number of nitrogens with zero attached hydrogens (tertiary/aromatic N) is 1. The summed E-state index contributed by atoms with van der Waals surface area (Å²) in [5, 5.41) is 0.578. The Morgan fingerprint density at radius 1 is 1.29 bits per heavy atom. The molecule has 0 N–H and O–H groups in total. The standard InChI is InChI=1S/C16H16FNO2S/c1-12-5-4-9-16(2,11-12)21(19,20)18-10-8-13-6-3-7-14(17)15(13)18/h3-8,10-11H,9H2,1-2H3. The smallest absolute Gasteiger partial charge is 0.241 e. The SMILES string of the molecule is CC1=CC(C)(S(=O)(=O)n2ccc3cccc(F)c32)CC=C1. The Labute approximate surface area is 123 Å². The molecule has 1 aromatic heterocycles. The Hall–Kier alpha value is -1.88. The fourth-order valence-corrected chi connectivity index (χ4v) is 4.54. The van der Waals surface area contributed by atoms with Gasteiger partial charge in [-0.2, -0.15) is 0 Å². The Balaban J connectivity index is 2.25. The topological polar surface area (TPSA) is 39.1 Å². The van der Waals surface area contributed by atoms with Gasteiger partial charge in [0.2, 0.25) is 10.0 Å². The van der Waals surface area contributed by atoms with Crippen molar-refractivity contribution in [1.29, 1.82) is 0 Å². The number of hydrogen-bond donors (Lipinski definition) is 0. The van der Waals surface area contributed by atoms with Crippen molar-refractivity contribution in [3.63, 3.8) is 0 Å². The first-order valence-corrected chi connectivity index (χ1v) is 8.16. The third-order valence-electron chi connectivity index (χ3n) is 3.91. The molecule has 0 amide bonds. The average molecular weight is 305 g/mol. The van der Waals surface area contributed by atoms with Crippen molar-refractivity contribution in [2.75, 3.05) is 0 Å². The fraction of sp³-hybridized carbons (Fsp3) is 0.250. The second-order valence-electron chi connectivity index (χ2n) is 5.60. The van der Waals surface area contributed by atoms with Crippen LogP contribution in [0.3, 0.4) is 0 Å². The van der Waals surface area contributed by atoms with Crippen molar-refractivity contribution in [2.45, 2.75) is 25.0 Å². The van der Waals surface area contributed by atoms with Crippen LogP contribution in [-0.4, -0.2) is 17.1 Å². The van der Waals surface area contributed by atoms with Gasteiger partial charge in [-0.15, -0.1) is 0 Å². The van der Waals surface area contributed by atoms with Crippen LogP contribution >= 0.6 is 0 Å². The highest BCUT2D eigenvalue weighted by molar-refractivity contribution is 7.91. The molecule has 0 bridgehead atoms. The van der Waals surface area contributed by atoms with Crippen LogP contribution in [0.15, 0.2) is 54.3 Å². The summed E-state index contributed by atoms with van der Waals surface area (Å²) >= 11 is 0. The largest absolute Gasteiger partial charge is 0.248 e. The first-order chi connectivity index (χ1) is 9.85. The minimum absolute atomic E-state index is 0.110. The van der Waals surface area contributed by atoms with Crippen molar-refractivity contribution in [1.82, 2.24) is 3.97 Å². The highest BCUT2D eigenvalue weighted by Gasteiger charge is 2.39. The van der Waals surface area contributed by atoms with Gasteiger partial charge in [-0.25, -0.2) is 16.8 Å². The predicted octanol–water partition coefficient (Wildman–Crippen LogP) is 3.62. The summed E-state index contributed by atoms with van der Waals surface area (Å²) < 4.78 is 40.1. The molecular formula is C16H16FNO2S. The first-order valence-electron chi connectivity index (χ1n) is 6.72. The van der Waals surface area contributed by atoms with E-state index in [0.29, 0.717) is 11.8 Å². The first kappa shape index (κ1) is 14.1. The third-order valence-corrected chi connectivity index (χ3v) is 6.20. The van der Waals surface area contributed by atoms with Gasteiger partial charge >= 0.3 is 0 Å². The lowest BCUT2D eigenvalue weighted by Gasteiger charge is -2.28. The number of hydrogen-bond acceptors (Lipinski definition) is 2. The van der Waals surface area contributed by atoms with E-state index in [0.717, 1.165) is 9.55 Å². The molecule has 5 heteroatoms.